The maximum Gasteiger partial charge on any atom is 0.127 e. The number of aliphatic hydroxyl groups excluding tert-OH is 1. The summed E-state index contributed by atoms with van der Waals surface area (Å²) in [6.07, 6.45) is 16.8. The Morgan fingerprint density at radius 3 is 2.00 bits per heavy atom. The van der Waals surface area contributed by atoms with Crippen molar-refractivity contribution in [2.45, 2.75) is 88.9 Å². The molecular formula is C30H41NO2. The summed E-state index contributed by atoms with van der Waals surface area (Å²) in [5.74, 6) is 0.878. The molecule has 3 nitrogen and oxygen atoms in total. The van der Waals surface area contributed by atoms with E-state index >= 15 is 0 Å². The maximum atomic E-state index is 11.3. The third-order valence-electron chi connectivity index (χ3n) is 7.60. The average Bonchev–Trinajstić information content (AvgIpc) is 2.90. The molecule has 0 unspecified atom stereocenters. The molecule has 0 amide bonds. The van der Waals surface area contributed by atoms with Crippen LogP contribution in [-0.2, 0) is 4.74 Å². The van der Waals surface area contributed by atoms with Crippen molar-refractivity contribution in [3.63, 3.8) is 0 Å². The normalized spacial score (nSPS) is 20.9. The zero-order valence-corrected chi connectivity index (χ0v) is 19.9. The fraction of sp³-hybridized carbons (Fsp3) is 0.533. The number of anilines is 1. The minimum atomic E-state index is -0.342. The van der Waals surface area contributed by atoms with E-state index in [-0.39, 0.29) is 18.2 Å². The maximum absolute atomic E-state index is 11.3. The molecule has 178 valence electrons. The van der Waals surface area contributed by atoms with Crippen LogP contribution in [0.5, 0.6) is 0 Å². The van der Waals surface area contributed by atoms with Gasteiger partial charge in [0.15, 0.2) is 0 Å². The van der Waals surface area contributed by atoms with Crippen LogP contribution in [0.2, 0.25) is 0 Å². The Kier molecular flexibility index (Phi) is 9.29. The Balaban J connectivity index is 1.41. The van der Waals surface area contributed by atoms with Crippen molar-refractivity contribution >= 4 is 5.69 Å². The van der Waals surface area contributed by atoms with Crippen LogP contribution in [0.25, 0.3) is 0 Å². The van der Waals surface area contributed by atoms with Crippen molar-refractivity contribution in [1.82, 2.24) is 0 Å². The van der Waals surface area contributed by atoms with Gasteiger partial charge in [0.2, 0.25) is 0 Å². The first-order valence-corrected chi connectivity index (χ1v) is 13.2. The predicted molar refractivity (Wildman–Crippen MR) is 137 cm³/mol. The largest absolute Gasteiger partial charge is 0.495 e. The van der Waals surface area contributed by atoms with Crippen LogP contribution in [0.15, 0.2) is 73.0 Å². The van der Waals surface area contributed by atoms with Gasteiger partial charge in [-0.2, -0.15) is 0 Å². The number of para-hydroxylation sites is 1. The lowest BCUT2D eigenvalue weighted by Crippen LogP contribution is -2.41. The van der Waals surface area contributed by atoms with Gasteiger partial charge in [-0.25, -0.2) is 0 Å². The summed E-state index contributed by atoms with van der Waals surface area (Å²) in [6, 6.07) is 21.1. The molecule has 0 aliphatic heterocycles. The van der Waals surface area contributed by atoms with Crippen molar-refractivity contribution in [1.29, 1.82) is 0 Å². The molecule has 0 spiro atoms. The minimum absolute atomic E-state index is 0.0677. The summed E-state index contributed by atoms with van der Waals surface area (Å²) in [5, 5.41) is 15.0. The highest BCUT2D eigenvalue weighted by molar-refractivity contribution is 5.45. The van der Waals surface area contributed by atoms with Crippen molar-refractivity contribution in [2.75, 3.05) is 5.32 Å². The van der Waals surface area contributed by atoms with Gasteiger partial charge in [0.05, 0.1) is 18.4 Å². The highest BCUT2D eigenvalue weighted by Crippen LogP contribution is 2.35. The highest BCUT2D eigenvalue weighted by Gasteiger charge is 2.35. The molecule has 2 N–H and O–H groups in total. The average molecular weight is 448 g/mol. The van der Waals surface area contributed by atoms with Gasteiger partial charge in [-0.1, -0.05) is 87.1 Å². The van der Waals surface area contributed by atoms with E-state index in [1.807, 2.05) is 12.3 Å². The molecule has 2 aliphatic rings. The number of benzene rings is 2. The molecule has 0 aromatic heterocycles. The number of nitrogens with one attached hydrogen (secondary N) is 1. The second kappa shape index (κ2) is 12.8. The highest BCUT2D eigenvalue weighted by atomic mass is 16.5. The van der Waals surface area contributed by atoms with Crippen molar-refractivity contribution in [3.8, 4) is 0 Å². The van der Waals surface area contributed by atoms with Crippen LogP contribution < -0.4 is 5.32 Å². The van der Waals surface area contributed by atoms with Gasteiger partial charge in [0.25, 0.3) is 0 Å². The van der Waals surface area contributed by atoms with Gasteiger partial charge in [-0.05, 0) is 67.7 Å². The molecule has 0 saturated heterocycles. The van der Waals surface area contributed by atoms with Gasteiger partial charge in [0, 0.05) is 5.69 Å². The molecule has 2 aliphatic carbocycles. The zero-order chi connectivity index (χ0) is 22.7. The number of ether oxygens (including phenoxy) is 1. The minimum Gasteiger partial charge on any atom is -0.495 e. The van der Waals surface area contributed by atoms with Gasteiger partial charge < -0.3 is 15.2 Å². The summed E-state index contributed by atoms with van der Waals surface area (Å²) in [6.45, 7) is 0. The third kappa shape index (κ3) is 7.11. The van der Waals surface area contributed by atoms with Crippen LogP contribution in [0.4, 0.5) is 5.69 Å². The van der Waals surface area contributed by atoms with E-state index in [0.717, 1.165) is 24.9 Å². The van der Waals surface area contributed by atoms with Crippen LogP contribution in [0, 0.1) is 11.8 Å². The molecule has 0 radical (unpaired) electrons. The summed E-state index contributed by atoms with van der Waals surface area (Å²) in [4.78, 5) is 0. The summed E-state index contributed by atoms with van der Waals surface area (Å²) in [5.41, 5.74) is 2.38. The van der Waals surface area contributed by atoms with E-state index in [1.54, 1.807) is 0 Å². The smallest absolute Gasteiger partial charge is 0.127 e. The van der Waals surface area contributed by atoms with Crippen molar-refractivity contribution in [2.24, 2.45) is 11.8 Å². The second-order valence-corrected chi connectivity index (χ2v) is 9.97. The quantitative estimate of drug-likeness (QED) is 0.368. The van der Waals surface area contributed by atoms with E-state index in [0.29, 0.717) is 11.8 Å². The zero-order valence-electron chi connectivity index (χ0n) is 19.9. The molecular weight excluding hydrogens is 406 g/mol. The van der Waals surface area contributed by atoms with Gasteiger partial charge in [-0.15, -0.1) is 0 Å². The molecule has 2 saturated carbocycles. The number of rotatable bonds is 10. The topological polar surface area (TPSA) is 41.5 Å². The molecule has 2 aromatic rings. The predicted octanol–water partition coefficient (Wildman–Crippen LogP) is 7.65. The molecule has 2 aromatic carbocycles. The summed E-state index contributed by atoms with van der Waals surface area (Å²) >= 11 is 0. The first kappa shape index (κ1) is 23.9. The van der Waals surface area contributed by atoms with E-state index < -0.39 is 0 Å². The van der Waals surface area contributed by atoms with Crippen LogP contribution in [0.1, 0.15) is 82.2 Å². The van der Waals surface area contributed by atoms with E-state index in [4.69, 9.17) is 4.74 Å². The lowest BCUT2D eigenvalue weighted by atomic mass is 9.76. The van der Waals surface area contributed by atoms with Crippen molar-refractivity contribution < 1.29 is 9.84 Å². The lowest BCUT2D eigenvalue weighted by Gasteiger charge is -2.37. The Morgan fingerprint density at radius 1 is 0.788 bits per heavy atom. The van der Waals surface area contributed by atoms with E-state index in [9.17, 15) is 5.11 Å². The second-order valence-electron chi connectivity index (χ2n) is 9.97. The monoisotopic (exact) mass is 447 g/mol. The molecule has 33 heavy (non-hydrogen) atoms. The van der Waals surface area contributed by atoms with Crippen LogP contribution in [-0.4, -0.2) is 17.3 Å². The van der Waals surface area contributed by atoms with Gasteiger partial charge in [-0.3, -0.25) is 0 Å². The standard InChI is InChI=1S/C30H41NO2/c32-29(25-16-7-2-8-17-25)30(26-18-9-3-10-19-26)33-23-13-22-28(24-14-5-1-6-15-24)31-27-20-11-4-12-21-27/h1,4-6,11-15,20-21,23,25-26,28-32H,2-3,7-10,16-19,22H2/b23-13+/t28-,29-,30-/m1/s1. The fourth-order valence-corrected chi connectivity index (χ4v) is 5.71. The summed E-state index contributed by atoms with van der Waals surface area (Å²) < 4.78 is 6.37. The Bertz CT molecular complexity index is 810. The van der Waals surface area contributed by atoms with Crippen LogP contribution in [0.3, 0.4) is 0 Å². The number of hydrogen-bond donors (Lipinski definition) is 2. The summed E-state index contributed by atoms with van der Waals surface area (Å²) in [7, 11) is 0. The Hall–Kier alpha value is -2.26. The number of aliphatic hydroxyl groups is 1. The number of hydrogen-bond acceptors (Lipinski definition) is 3. The first-order valence-electron chi connectivity index (χ1n) is 13.2. The molecule has 3 heteroatoms. The first-order chi connectivity index (χ1) is 16.3. The van der Waals surface area contributed by atoms with Crippen molar-refractivity contribution in [3.05, 3.63) is 78.6 Å². The third-order valence-corrected chi connectivity index (χ3v) is 7.60. The SMILES string of the molecule is O[C@H](C1CCCCC1)[C@H](O/C=C/C[C@@H](Nc1ccccc1)c1ccccc1)C1CCCCC1. The molecule has 0 bridgehead atoms. The van der Waals surface area contributed by atoms with Crippen LogP contribution >= 0.6 is 0 Å². The fourth-order valence-electron chi connectivity index (χ4n) is 5.71. The van der Waals surface area contributed by atoms with E-state index in [2.05, 4.69) is 66.0 Å². The van der Waals surface area contributed by atoms with Gasteiger partial charge >= 0.3 is 0 Å². The van der Waals surface area contributed by atoms with E-state index in [1.165, 1.54) is 56.9 Å². The Morgan fingerprint density at radius 2 is 1.36 bits per heavy atom. The lowest BCUT2D eigenvalue weighted by molar-refractivity contribution is -0.0690. The molecule has 0 heterocycles. The molecule has 3 atom stereocenters. The molecule has 2 fully saturated rings. The molecule has 4 rings (SSSR count). The van der Waals surface area contributed by atoms with Gasteiger partial charge in [0.1, 0.15) is 6.10 Å². The Labute approximate surface area is 200 Å².